The molecule has 53 heavy (non-hydrogen) atoms. The van der Waals surface area contributed by atoms with Crippen LogP contribution in [-0.4, -0.2) is 85.1 Å². The van der Waals surface area contributed by atoms with Gasteiger partial charge in [0.1, 0.15) is 5.83 Å². The van der Waals surface area contributed by atoms with E-state index in [2.05, 4.69) is 78.6 Å². The van der Waals surface area contributed by atoms with E-state index in [1.165, 1.54) is 64.5 Å². The second-order valence-electron chi connectivity index (χ2n) is 11.5. The molecule has 0 aromatic carbocycles. The molecule has 2 aliphatic rings. The number of allylic oxidation sites excluding steroid dienone is 6. The Morgan fingerprint density at radius 1 is 1.21 bits per heavy atom. The van der Waals surface area contributed by atoms with E-state index >= 15 is 0 Å². The lowest BCUT2D eigenvalue weighted by Gasteiger charge is -2.26. The van der Waals surface area contributed by atoms with Gasteiger partial charge in [0.25, 0.3) is 0 Å². The van der Waals surface area contributed by atoms with Crippen LogP contribution in [0, 0.1) is 12.8 Å². The molecular formula is C42H71FN6O4. The van der Waals surface area contributed by atoms with Gasteiger partial charge in [-0.15, -0.1) is 12.8 Å². The summed E-state index contributed by atoms with van der Waals surface area (Å²) in [5.41, 5.74) is 8.64. The van der Waals surface area contributed by atoms with Crippen LogP contribution in [0.5, 0.6) is 0 Å². The average Bonchev–Trinajstić information content (AvgIpc) is 3.57. The Morgan fingerprint density at radius 3 is 2.25 bits per heavy atom. The number of H-pyrrole nitrogens is 1. The number of hydrogen-bond acceptors (Lipinski definition) is 7. The number of terminal acetylenes is 1. The summed E-state index contributed by atoms with van der Waals surface area (Å²) in [5.74, 6) is 0.101. The number of aromatic nitrogens is 2. The molecule has 2 unspecified atom stereocenters. The van der Waals surface area contributed by atoms with Gasteiger partial charge in [-0.05, 0) is 89.4 Å². The van der Waals surface area contributed by atoms with Crippen molar-refractivity contribution in [2.45, 2.75) is 112 Å². The molecule has 11 heteroatoms. The molecular weight excluding hydrogens is 671 g/mol. The fourth-order valence-corrected chi connectivity index (χ4v) is 4.13. The number of nitrogens with zero attached hydrogens (tertiary/aromatic N) is 4. The summed E-state index contributed by atoms with van der Waals surface area (Å²) in [6.45, 7) is 25.2. The summed E-state index contributed by atoms with van der Waals surface area (Å²) in [4.78, 5) is 30.8. The minimum absolute atomic E-state index is 0.345. The minimum atomic E-state index is -0.437. The zero-order valence-corrected chi connectivity index (χ0v) is 34.7. The van der Waals surface area contributed by atoms with Gasteiger partial charge in [-0.1, -0.05) is 72.3 Å². The largest absolute Gasteiger partial charge is 0.501 e. The first-order valence-corrected chi connectivity index (χ1v) is 18.2. The Labute approximate surface area is 321 Å². The highest BCUT2D eigenvalue weighted by Gasteiger charge is 2.16. The quantitative estimate of drug-likeness (QED) is 0.0582. The van der Waals surface area contributed by atoms with E-state index in [9.17, 15) is 14.0 Å². The molecule has 0 saturated carbocycles. The van der Waals surface area contributed by atoms with Crippen LogP contribution in [0.3, 0.4) is 0 Å². The number of hydroxylamine groups is 2. The number of ether oxygens (including phenoxy) is 1. The number of carbonyl (C=O) groups excluding carboxylic acids is 2. The highest BCUT2D eigenvalue weighted by Crippen LogP contribution is 2.22. The number of dihydropyridines is 1. The number of rotatable bonds is 11. The van der Waals surface area contributed by atoms with Crippen LogP contribution in [0.25, 0.3) is 11.6 Å². The maximum Gasteiger partial charge on any atom is 0.243 e. The zero-order valence-electron chi connectivity index (χ0n) is 34.7. The molecule has 2 aliphatic heterocycles. The van der Waals surface area contributed by atoms with Crippen molar-refractivity contribution in [3.05, 3.63) is 78.2 Å². The highest BCUT2D eigenvalue weighted by molar-refractivity contribution is 5.91. The van der Waals surface area contributed by atoms with Crippen LogP contribution in [0.4, 0.5) is 4.39 Å². The highest BCUT2D eigenvalue weighted by atomic mass is 19.1. The molecule has 300 valence electrons. The zero-order chi connectivity index (χ0) is 41.6. The number of primary amides is 1. The van der Waals surface area contributed by atoms with E-state index in [-0.39, 0.29) is 5.91 Å². The molecule has 3 heterocycles. The second-order valence-corrected chi connectivity index (χ2v) is 11.5. The number of nitrogens with two attached hydrogens (primary N) is 1. The van der Waals surface area contributed by atoms with Gasteiger partial charge >= 0.3 is 0 Å². The summed E-state index contributed by atoms with van der Waals surface area (Å²) in [6.07, 6.45) is 29.0. The molecule has 3 rings (SSSR count). The third-order valence-electron chi connectivity index (χ3n) is 7.19. The molecule has 10 nitrogen and oxygen atoms in total. The first-order chi connectivity index (χ1) is 25.3. The van der Waals surface area contributed by atoms with Crippen molar-refractivity contribution in [2.75, 3.05) is 34.4 Å². The van der Waals surface area contributed by atoms with Gasteiger partial charge in [-0.25, -0.2) is 9.45 Å². The van der Waals surface area contributed by atoms with Gasteiger partial charge < -0.3 is 15.4 Å². The van der Waals surface area contributed by atoms with E-state index in [1.807, 2.05) is 38.3 Å². The predicted molar refractivity (Wildman–Crippen MR) is 224 cm³/mol. The van der Waals surface area contributed by atoms with E-state index < -0.39 is 5.83 Å². The van der Waals surface area contributed by atoms with Crippen LogP contribution in [-0.2, 0) is 19.2 Å². The Hall–Kier alpha value is -4.53. The Balaban J connectivity index is -0.000000309. The molecule has 1 aromatic rings. The van der Waals surface area contributed by atoms with Crippen molar-refractivity contribution in [1.82, 2.24) is 20.2 Å². The van der Waals surface area contributed by atoms with Crippen LogP contribution < -0.4 is 5.73 Å². The topological polar surface area (TPSA) is 126 Å². The summed E-state index contributed by atoms with van der Waals surface area (Å²) in [6, 6.07) is 3.02. The molecule has 2 atom stereocenters. The van der Waals surface area contributed by atoms with Gasteiger partial charge in [0.2, 0.25) is 12.3 Å². The second kappa shape index (κ2) is 38.7. The third-order valence-corrected chi connectivity index (χ3v) is 7.19. The first-order valence-electron chi connectivity index (χ1n) is 18.2. The van der Waals surface area contributed by atoms with Gasteiger partial charge in [-0.2, -0.15) is 5.10 Å². The van der Waals surface area contributed by atoms with Gasteiger partial charge in [0.15, 0.2) is 0 Å². The van der Waals surface area contributed by atoms with E-state index in [4.69, 9.17) is 10.5 Å². The SMILES string of the molecule is C#C.C/C=C(\C)C(N)=O.C=C(F)/C=C\C=C(/CCN1CCCCCC1C)OC.C=Cc1cc(C2=CC=NC(C)C2)n[nH]1.CC.CCC.CON(C)C=O. The number of amides is 2. The molecule has 0 spiro atoms. The van der Waals surface area contributed by atoms with E-state index in [1.54, 1.807) is 39.2 Å². The summed E-state index contributed by atoms with van der Waals surface area (Å²) in [5, 5.41) is 8.20. The van der Waals surface area contributed by atoms with Crippen molar-refractivity contribution in [3.8, 4) is 12.8 Å². The summed E-state index contributed by atoms with van der Waals surface area (Å²) in [7, 11) is 4.61. The lowest BCUT2D eigenvalue weighted by Crippen LogP contribution is -2.33. The maximum absolute atomic E-state index is 12.5. The molecule has 0 radical (unpaired) electrons. The lowest BCUT2D eigenvalue weighted by molar-refractivity contribution is -0.153. The summed E-state index contributed by atoms with van der Waals surface area (Å²) < 4.78 is 17.8. The monoisotopic (exact) mass is 743 g/mol. The minimum Gasteiger partial charge on any atom is -0.501 e. The van der Waals surface area contributed by atoms with Crippen LogP contribution in [0.2, 0.25) is 0 Å². The van der Waals surface area contributed by atoms with Crippen molar-refractivity contribution in [3.63, 3.8) is 0 Å². The predicted octanol–water partition coefficient (Wildman–Crippen LogP) is 9.28. The van der Waals surface area contributed by atoms with Gasteiger partial charge in [0.05, 0.1) is 37.4 Å². The smallest absolute Gasteiger partial charge is 0.243 e. The number of aromatic amines is 1. The number of likely N-dealkylation sites (tertiary alicyclic amines) is 1. The Morgan fingerprint density at radius 2 is 1.83 bits per heavy atom. The lowest BCUT2D eigenvalue weighted by atomic mass is 10.0. The van der Waals surface area contributed by atoms with Crippen molar-refractivity contribution in [1.29, 1.82) is 0 Å². The van der Waals surface area contributed by atoms with Crippen molar-refractivity contribution >= 4 is 30.2 Å². The van der Waals surface area contributed by atoms with Crippen molar-refractivity contribution < 1.29 is 23.6 Å². The van der Waals surface area contributed by atoms with Crippen molar-refractivity contribution in [2.24, 2.45) is 10.7 Å². The molecule has 1 fully saturated rings. The number of halogens is 1. The fourth-order valence-electron chi connectivity index (χ4n) is 4.13. The number of carbonyl (C=O) groups is 2. The average molecular weight is 743 g/mol. The molecule has 0 aliphatic carbocycles. The fraction of sp³-hybridized carbons (Fsp3) is 0.524. The standard InChI is InChI=1S/C16H26FNO.C11H13N3.C5H9NO.C3H7NO2.C3H8.C2H6.C2H2/c1-14(17)8-7-10-16(19-3)11-13-18-12-6-4-5-9-15(18)2;1-3-10-7-11(14-13-10)9-4-5-12-8(2)6-9;1-3-4(2)5(6)7;1-4(3-5)6-2;1-3-2;2*1-2/h7-8,10,15H,1,4-6,9,11-13H2,2-3H3;3-5,7-8H,1,6H2,2H3,(H,13,14);3H,1-2H3,(H2,6,7);3H,1-2H3;3H2,1-2H3;1-2H3;1-2H/b8-7-,16-10+;;4-3+;;;;. The Bertz CT molecular complexity index is 1280. The molecule has 3 N–H and O–H groups in total. The van der Waals surface area contributed by atoms with Gasteiger partial charge in [-0.3, -0.25) is 24.5 Å². The Kier molecular flexibility index (Phi) is 40.3. The number of hydrogen-bond donors (Lipinski definition) is 2. The summed E-state index contributed by atoms with van der Waals surface area (Å²) >= 11 is 0. The molecule has 1 aromatic heterocycles. The first kappa shape index (κ1) is 55.2. The number of nitrogens with one attached hydrogen (secondary N) is 1. The molecule has 1 saturated heterocycles. The van der Waals surface area contributed by atoms with E-state index in [0.717, 1.165) is 41.6 Å². The molecule has 0 bridgehead atoms. The van der Waals surface area contributed by atoms with Gasteiger partial charge in [0, 0.05) is 37.8 Å². The normalized spacial score (nSPS) is 16.4. The molecule has 2 amide bonds. The van der Waals surface area contributed by atoms with Crippen LogP contribution in [0.1, 0.15) is 112 Å². The third kappa shape index (κ3) is 31.9. The maximum atomic E-state index is 12.5. The number of methoxy groups -OCH3 is 1. The van der Waals surface area contributed by atoms with E-state index in [0.29, 0.717) is 24.1 Å². The van der Waals surface area contributed by atoms with Crippen LogP contribution in [0.15, 0.2) is 71.8 Å². The number of aliphatic imine (C=N–C) groups is 1. The van der Waals surface area contributed by atoms with Crippen LogP contribution >= 0.6 is 0 Å².